The van der Waals surface area contributed by atoms with Crippen LogP contribution in [-0.4, -0.2) is 42.5 Å². The van der Waals surface area contributed by atoms with Crippen molar-refractivity contribution in [1.29, 1.82) is 0 Å². The first-order valence-electron chi connectivity index (χ1n) is 9.07. The lowest BCUT2D eigenvalue weighted by Crippen LogP contribution is -2.41. The standard InChI is InChI=1S/C20H23F2N3O3/c1-25(20(26)17-4-3-9-23-17)11-14-10-16(22)19(24-18(14)27-2)28-12-13-5-7-15(21)8-6-13/h5-8,10,17,23H,3-4,9,11-12H2,1-2H3/t17-/m0/s1. The molecule has 0 saturated carbocycles. The van der Waals surface area contributed by atoms with Gasteiger partial charge in [0.05, 0.1) is 19.7 Å². The summed E-state index contributed by atoms with van der Waals surface area (Å²) in [6, 6.07) is 6.77. The Bertz CT molecular complexity index is 824. The molecule has 28 heavy (non-hydrogen) atoms. The number of hydrogen-bond donors (Lipinski definition) is 1. The summed E-state index contributed by atoms with van der Waals surface area (Å²) in [5.74, 6) is -1.08. The highest BCUT2D eigenvalue weighted by Gasteiger charge is 2.26. The first kappa shape index (κ1) is 20.0. The van der Waals surface area contributed by atoms with Gasteiger partial charge in [-0.2, -0.15) is 4.98 Å². The van der Waals surface area contributed by atoms with Crippen molar-refractivity contribution in [2.75, 3.05) is 20.7 Å². The van der Waals surface area contributed by atoms with Gasteiger partial charge < -0.3 is 19.7 Å². The Labute approximate surface area is 162 Å². The normalized spacial score (nSPS) is 16.1. The van der Waals surface area contributed by atoms with Gasteiger partial charge in [-0.15, -0.1) is 0 Å². The zero-order valence-electron chi connectivity index (χ0n) is 15.9. The molecular formula is C20H23F2N3O3. The van der Waals surface area contributed by atoms with Gasteiger partial charge in [0.25, 0.3) is 5.88 Å². The molecule has 1 aliphatic heterocycles. The molecule has 1 N–H and O–H groups in total. The molecule has 0 radical (unpaired) electrons. The average Bonchev–Trinajstić information content (AvgIpc) is 3.22. The molecule has 1 atom stereocenters. The van der Waals surface area contributed by atoms with Crippen molar-refractivity contribution in [1.82, 2.24) is 15.2 Å². The zero-order chi connectivity index (χ0) is 20.1. The molecule has 1 aliphatic rings. The number of likely N-dealkylation sites (N-methyl/N-ethyl adjacent to an activating group) is 1. The molecule has 2 heterocycles. The number of pyridine rings is 1. The third-order valence-electron chi connectivity index (χ3n) is 4.61. The van der Waals surface area contributed by atoms with E-state index in [0.717, 1.165) is 19.4 Å². The minimum absolute atomic E-state index is 0.0401. The van der Waals surface area contributed by atoms with E-state index in [-0.39, 0.29) is 42.7 Å². The largest absolute Gasteiger partial charge is 0.481 e. The summed E-state index contributed by atoms with van der Waals surface area (Å²) in [6.07, 6.45) is 1.76. The molecule has 0 unspecified atom stereocenters. The van der Waals surface area contributed by atoms with Crippen molar-refractivity contribution in [2.45, 2.75) is 32.0 Å². The van der Waals surface area contributed by atoms with Crippen LogP contribution in [0.1, 0.15) is 24.0 Å². The Balaban J connectivity index is 1.69. The number of nitrogens with one attached hydrogen (secondary N) is 1. The van der Waals surface area contributed by atoms with Crippen LogP contribution in [0, 0.1) is 11.6 Å². The molecule has 3 rings (SSSR count). The third kappa shape index (κ3) is 4.75. The minimum Gasteiger partial charge on any atom is -0.481 e. The zero-order valence-corrected chi connectivity index (χ0v) is 15.9. The number of carbonyl (C=O) groups is 1. The molecule has 1 amide bonds. The Hall–Kier alpha value is -2.74. The Kier molecular flexibility index (Phi) is 6.41. The number of halogens is 2. The van der Waals surface area contributed by atoms with Gasteiger partial charge >= 0.3 is 0 Å². The van der Waals surface area contributed by atoms with Crippen LogP contribution in [-0.2, 0) is 17.9 Å². The summed E-state index contributed by atoms with van der Waals surface area (Å²) in [5.41, 5.74) is 1.13. The van der Waals surface area contributed by atoms with E-state index >= 15 is 0 Å². The SMILES string of the molecule is COc1nc(OCc2ccc(F)cc2)c(F)cc1CN(C)C(=O)[C@@H]1CCCN1. The number of aromatic nitrogens is 1. The van der Waals surface area contributed by atoms with Crippen molar-refractivity contribution in [2.24, 2.45) is 0 Å². The van der Waals surface area contributed by atoms with Crippen molar-refractivity contribution in [3.8, 4) is 11.8 Å². The molecule has 150 valence electrons. The third-order valence-corrected chi connectivity index (χ3v) is 4.61. The summed E-state index contributed by atoms with van der Waals surface area (Å²) in [4.78, 5) is 18.1. The van der Waals surface area contributed by atoms with Gasteiger partial charge in [0.2, 0.25) is 11.8 Å². The van der Waals surface area contributed by atoms with E-state index in [4.69, 9.17) is 9.47 Å². The maximum Gasteiger partial charge on any atom is 0.254 e. The summed E-state index contributed by atoms with van der Waals surface area (Å²) in [7, 11) is 3.09. The fraction of sp³-hybridized carbons (Fsp3) is 0.400. The van der Waals surface area contributed by atoms with Gasteiger partial charge in [0.1, 0.15) is 12.4 Å². The summed E-state index contributed by atoms with van der Waals surface area (Å²) in [5, 5.41) is 3.15. The number of ether oxygens (including phenoxy) is 2. The summed E-state index contributed by atoms with van der Waals surface area (Å²) in [6.45, 7) is 1.03. The van der Waals surface area contributed by atoms with Gasteiger partial charge in [0, 0.05) is 12.6 Å². The lowest BCUT2D eigenvalue weighted by molar-refractivity contribution is -0.132. The number of carbonyl (C=O) groups excluding carboxylic acids is 1. The molecule has 0 aliphatic carbocycles. The van der Waals surface area contributed by atoms with Crippen molar-refractivity contribution in [3.63, 3.8) is 0 Å². The van der Waals surface area contributed by atoms with Crippen LogP contribution in [0.3, 0.4) is 0 Å². The predicted molar refractivity (Wildman–Crippen MR) is 99.0 cm³/mol. The van der Waals surface area contributed by atoms with E-state index in [1.165, 1.54) is 30.2 Å². The molecule has 8 heteroatoms. The first-order chi connectivity index (χ1) is 13.5. The minimum atomic E-state index is -0.655. The number of rotatable bonds is 7. The summed E-state index contributed by atoms with van der Waals surface area (Å²) >= 11 is 0. The lowest BCUT2D eigenvalue weighted by atomic mass is 10.2. The average molecular weight is 391 g/mol. The van der Waals surface area contributed by atoms with E-state index in [0.29, 0.717) is 11.1 Å². The molecule has 2 aromatic rings. The predicted octanol–water partition coefficient (Wildman–Crippen LogP) is 2.66. The number of methoxy groups -OCH3 is 1. The monoisotopic (exact) mass is 391 g/mol. The highest BCUT2D eigenvalue weighted by atomic mass is 19.1. The molecule has 0 spiro atoms. The fourth-order valence-corrected chi connectivity index (χ4v) is 3.11. The highest BCUT2D eigenvalue weighted by Crippen LogP contribution is 2.26. The number of benzene rings is 1. The number of hydrogen-bond acceptors (Lipinski definition) is 5. The van der Waals surface area contributed by atoms with Crippen LogP contribution < -0.4 is 14.8 Å². The summed E-state index contributed by atoms with van der Waals surface area (Å²) < 4.78 is 38.1. The lowest BCUT2D eigenvalue weighted by Gasteiger charge is -2.22. The molecule has 1 aromatic carbocycles. The van der Waals surface area contributed by atoms with Crippen LogP contribution in [0.15, 0.2) is 30.3 Å². The fourth-order valence-electron chi connectivity index (χ4n) is 3.11. The highest BCUT2D eigenvalue weighted by molar-refractivity contribution is 5.82. The molecule has 6 nitrogen and oxygen atoms in total. The quantitative estimate of drug-likeness (QED) is 0.786. The van der Waals surface area contributed by atoms with Gasteiger partial charge in [-0.1, -0.05) is 12.1 Å². The van der Waals surface area contributed by atoms with Crippen LogP contribution >= 0.6 is 0 Å². The van der Waals surface area contributed by atoms with Crippen LogP contribution in [0.5, 0.6) is 11.8 Å². The second kappa shape index (κ2) is 8.97. The van der Waals surface area contributed by atoms with E-state index in [2.05, 4.69) is 10.3 Å². The topological polar surface area (TPSA) is 63.7 Å². The Morgan fingerprint density at radius 1 is 1.29 bits per heavy atom. The molecular weight excluding hydrogens is 368 g/mol. The first-order valence-corrected chi connectivity index (χ1v) is 9.07. The Morgan fingerprint density at radius 2 is 2.04 bits per heavy atom. The van der Waals surface area contributed by atoms with Crippen LogP contribution in [0.4, 0.5) is 8.78 Å². The maximum absolute atomic E-state index is 14.5. The number of amides is 1. The van der Waals surface area contributed by atoms with E-state index in [1.807, 2.05) is 0 Å². The second-order valence-electron chi connectivity index (χ2n) is 6.70. The van der Waals surface area contributed by atoms with Crippen molar-refractivity contribution >= 4 is 5.91 Å². The van der Waals surface area contributed by atoms with Crippen LogP contribution in [0.25, 0.3) is 0 Å². The molecule has 1 saturated heterocycles. The smallest absolute Gasteiger partial charge is 0.254 e. The van der Waals surface area contributed by atoms with E-state index in [9.17, 15) is 13.6 Å². The second-order valence-corrected chi connectivity index (χ2v) is 6.70. The van der Waals surface area contributed by atoms with Gasteiger partial charge in [0.15, 0.2) is 5.82 Å². The van der Waals surface area contributed by atoms with Crippen molar-refractivity contribution in [3.05, 3.63) is 53.1 Å². The van der Waals surface area contributed by atoms with Crippen molar-refractivity contribution < 1.29 is 23.0 Å². The number of nitrogens with zero attached hydrogens (tertiary/aromatic N) is 2. The van der Waals surface area contributed by atoms with Gasteiger partial charge in [-0.05, 0) is 43.1 Å². The Morgan fingerprint density at radius 3 is 2.68 bits per heavy atom. The molecule has 1 fully saturated rings. The van der Waals surface area contributed by atoms with Gasteiger partial charge in [-0.3, -0.25) is 4.79 Å². The molecule has 1 aromatic heterocycles. The van der Waals surface area contributed by atoms with E-state index < -0.39 is 5.82 Å². The maximum atomic E-state index is 14.5. The van der Waals surface area contributed by atoms with Gasteiger partial charge in [-0.25, -0.2) is 8.78 Å². The van der Waals surface area contributed by atoms with Crippen LogP contribution in [0.2, 0.25) is 0 Å². The molecule has 0 bridgehead atoms. The van der Waals surface area contributed by atoms with E-state index in [1.54, 1.807) is 19.2 Å².